The molecule has 0 aliphatic carbocycles. The van der Waals surface area contributed by atoms with Crippen LogP contribution in [0.3, 0.4) is 0 Å². The number of fused-ring (bicyclic) bond motifs is 3. The molecule has 5 rings (SSSR count). The van der Waals surface area contributed by atoms with Gasteiger partial charge in [0, 0.05) is 50.2 Å². The third-order valence-electron chi connectivity index (χ3n) is 6.78. The number of carbonyl (C=O) groups excluding carboxylic acids is 1. The van der Waals surface area contributed by atoms with Crippen LogP contribution in [0, 0.1) is 5.92 Å². The van der Waals surface area contributed by atoms with Gasteiger partial charge in [-0.05, 0) is 43.0 Å². The van der Waals surface area contributed by atoms with E-state index in [4.69, 9.17) is 4.74 Å². The van der Waals surface area contributed by atoms with E-state index in [0.717, 1.165) is 57.7 Å². The lowest BCUT2D eigenvalue weighted by Gasteiger charge is -2.50. The van der Waals surface area contributed by atoms with Crippen molar-refractivity contribution in [3.05, 3.63) is 54.1 Å². The molecule has 1 amide bonds. The molecule has 0 saturated carbocycles. The van der Waals surface area contributed by atoms with Gasteiger partial charge in [-0.3, -0.25) is 4.79 Å². The molecule has 2 aromatic carbocycles. The maximum absolute atomic E-state index is 13.5. The molecule has 5 heteroatoms. The Kier molecular flexibility index (Phi) is 4.82. The van der Waals surface area contributed by atoms with Gasteiger partial charge in [0.25, 0.3) is 0 Å². The number of hydrogen-bond donors (Lipinski definition) is 0. The second-order valence-corrected chi connectivity index (χ2v) is 8.38. The van der Waals surface area contributed by atoms with Crippen LogP contribution < -0.4 is 14.5 Å². The monoisotopic (exact) mass is 391 g/mol. The average molecular weight is 392 g/mol. The Morgan fingerprint density at radius 3 is 2.55 bits per heavy atom. The van der Waals surface area contributed by atoms with Gasteiger partial charge in [0.15, 0.2) is 0 Å². The highest BCUT2D eigenvalue weighted by atomic mass is 16.5. The third-order valence-corrected chi connectivity index (χ3v) is 6.78. The first-order chi connectivity index (χ1) is 14.2. The first-order valence-electron chi connectivity index (χ1n) is 10.8. The average Bonchev–Trinajstić information content (AvgIpc) is 3.33. The first-order valence-corrected chi connectivity index (χ1v) is 10.8. The minimum atomic E-state index is 0.0144. The lowest BCUT2D eigenvalue weighted by atomic mass is 9.83. The van der Waals surface area contributed by atoms with Crippen LogP contribution in [0.2, 0.25) is 0 Å². The highest BCUT2D eigenvalue weighted by Gasteiger charge is 2.43. The maximum Gasteiger partial charge on any atom is 0.228 e. The standard InChI is InChI=1S/C24H29N3O2/c1-29-20-10-9-18-15-21(24(28)25-11-5-6-12-25)23-17-26(19-7-3-2-4-8-19)13-14-27(23)22(18)16-20/h2-4,7-10,16,21,23H,5-6,11-15,17H2,1H3/t21-,23+/m1/s1. The Hall–Kier alpha value is -2.69. The number of piperazine rings is 1. The molecule has 0 bridgehead atoms. The van der Waals surface area contributed by atoms with Gasteiger partial charge in [-0.15, -0.1) is 0 Å². The van der Waals surface area contributed by atoms with E-state index in [1.807, 2.05) is 6.07 Å². The molecule has 3 aliphatic rings. The van der Waals surface area contributed by atoms with Gasteiger partial charge in [-0.25, -0.2) is 0 Å². The molecule has 2 fully saturated rings. The first kappa shape index (κ1) is 18.3. The van der Waals surface area contributed by atoms with Crippen molar-refractivity contribution >= 4 is 17.3 Å². The van der Waals surface area contributed by atoms with Crippen molar-refractivity contribution in [2.45, 2.75) is 25.3 Å². The van der Waals surface area contributed by atoms with E-state index in [1.165, 1.54) is 16.9 Å². The van der Waals surface area contributed by atoms with Crippen molar-refractivity contribution in [3.63, 3.8) is 0 Å². The van der Waals surface area contributed by atoms with Crippen molar-refractivity contribution in [2.24, 2.45) is 5.92 Å². The number of likely N-dealkylation sites (tertiary alicyclic amines) is 1. The zero-order valence-corrected chi connectivity index (χ0v) is 17.1. The van der Waals surface area contributed by atoms with Gasteiger partial charge in [0.1, 0.15) is 5.75 Å². The lowest BCUT2D eigenvalue weighted by molar-refractivity contribution is -0.135. The number of amides is 1. The maximum atomic E-state index is 13.5. The molecule has 3 aliphatic heterocycles. The topological polar surface area (TPSA) is 36.0 Å². The van der Waals surface area contributed by atoms with E-state index in [0.29, 0.717) is 5.91 Å². The molecular weight excluding hydrogens is 362 g/mol. The van der Waals surface area contributed by atoms with E-state index in [1.54, 1.807) is 7.11 Å². The van der Waals surface area contributed by atoms with Crippen LogP contribution in [-0.4, -0.2) is 56.7 Å². The van der Waals surface area contributed by atoms with Crippen LogP contribution in [-0.2, 0) is 11.2 Å². The van der Waals surface area contributed by atoms with Crippen molar-refractivity contribution < 1.29 is 9.53 Å². The Labute approximate surface area is 172 Å². The Balaban J connectivity index is 1.49. The van der Waals surface area contributed by atoms with Crippen LogP contribution in [0.15, 0.2) is 48.5 Å². The Morgan fingerprint density at radius 1 is 1.00 bits per heavy atom. The molecular formula is C24H29N3O2. The molecule has 0 spiro atoms. The fourth-order valence-electron chi connectivity index (χ4n) is 5.23. The molecule has 2 atom stereocenters. The number of hydrogen-bond acceptors (Lipinski definition) is 4. The fourth-order valence-corrected chi connectivity index (χ4v) is 5.23. The number of anilines is 2. The second kappa shape index (κ2) is 7.62. The summed E-state index contributed by atoms with van der Waals surface area (Å²) in [6.07, 6.45) is 3.09. The SMILES string of the molecule is COc1ccc2c(c1)N1CCN(c3ccccc3)C[C@H]1[C@H](C(=O)N1CCCC1)C2. The molecule has 0 unspecified atom stereocenters. The fraction of sp³-hybridized carbons (Fsp3) is 0.458. The summed E-state index contributed by atoms with van der Waals surface area (Å²) in [7, 11) is 1.72. The van der Waals surface area contributed by atoms with Gasteiger partial charge in [0.05, 0.1) is 19.1 Å². The van der Waals surface area contributed by atoms with E-state index in [-0.39, 0.29) is 12.0 Å². The summed E-state index contributed by atoms with van der Waals surface area (Å²) < 4.78 is 5.49. The molecule has 152 valence electrons. The molecule has 29 heavy (non-hydrogen) atoms. The predicted octanol–water partition coefficient (Wildman–Crippen LogP) is 3.19. The van der Waals surface area contributed by atoms with Crippen LogP contribution >= 0.6 is 0 Å². The van der Waals surface area contributed by atoms with Crippen molar-refractivity contribution in [1.29, 1.82) is 0 Å². The minimum absolute atomic E-state index is 0.0144. The summed E-state index contributed by atoms with van der Waals surface area (Å²) in [4.78, 5) is 20.5. The van der Waals surface area contributed by atoms with E-state index in [2.05, 4.69) is 57.2 Å². The zero-order chi connectivity index (χ0) is 19.8. The number of carbonyl (C=O) groups is 1. The lowest BCUT2D eigenvalue weighted by Crippen LogP contribution is -2.61. The van der Waals surface area contributed by atoms with E-state index < -0.39 is 0 Å². The summed E-state index contributed by atoms with van der Waals surface area (Å²) in [5, 5.41) is 0. The second-order valence-electron chi connectivity index (χ2n) is 8.38. The van der Waals surface area contributed by atoms with Crippen LogP contribution in [0.1, 0.15) is 18.4 Å². The Bertz CT molecular complexity index is 879. The van der Waals surface area contributed by atoms with Crippen molar-refractivity contribution in [2.75, 3.05) is 49.6 Å². The van der Waals surface area contributed by atoms with Crippen molar-refractivity contribution in [1.82, 2.24) is 4.90 Å². The third kappa shape index (κ3) is 3.33. The number of rotatable bonds is 3. The highest BCUT2D eigenvalue weighted by Crippen LogP contribution is 2.39. The van der Waals surface area contributed by atoms with Crippen LogP contribution in [0.5, 0.6) is 5.75 Å². The molecule has 0 radical (unpaired) electrons. The molecule has 2 aromatic rings. The van der Waals surface area contributed by atoms with Gasteiger partial charge in [-0.1, -0.05) is 24.3 Å². The van der Waals surface area contributed by atoms with Crippen molar-refractivity contribution in [3.8, 4) is 5.75 Å². The van der Waals surface area contributed by atoms with E-state index >= 15 is 0 Å². The molecule has 2 saturated heterocycles. The largest absolute Gasteiger partial charge is 0.497 e. The molecule has 3 heterocycles. The molecule has 0 aromatic heterocycles. The minimum Gasteiger partial charge on any atom is -0.497 e. The van der Waals surface area contributed by atoms with Crippen LogP contribution in [0.25, 0.3) is 0 Å². The number of benzene rings is 2. The highest BCUT2D eigenvalue weighted by molar-refractivity contribution is 5.83. The van der Waals surface area contributed by atoms with E-state index in [9.17, 15) is 4.79 Å². The number of nitrogens with zero attached hydrogens (tertiary/aromatic N) is 3. The quantitative estimate of drug-likeness (QED) is 0.805. The van der Waals surface area contributed by atoms with Gasteiger partial charge in [-0.2, -0.15) is 0 Å². The van der Waals surface area contributed by atoms with Crippen LogP contribution in [0.4, 0.5) is 11.4 Å². The number of ether oxygens (including phenoxy) is 1. The zero-order valence-electron chi connectivity index (χ0n) is 17.1. The Morgan fingerprint density at radius 2 is 1.79 bits per heavy atom. The molecule has 5 nitrogen and oxygen atoms in total. The number of para-hydroxylation sites is 1. The predicted molar refractivity (Wildman–Crippen MR) is 116 cm³/mol. The summed E-state index contributed by atoms with van der Waals surface area (Å²) in [6, 6.07) is 17.1. The molecule has 0 N–H and O–H groups in total. The van der Waals surface area contributed by atoms with Gasteiger partial charge < -0.3 is 19.4 Å². The summed E-state index contributed by atoms with van der Waals surface area (Å²) in [5.41, 5.74) is 3.76. The number of methoxy groups -OCH3 is 1. The van der Waals surface area contributed by atoms with Gasteiger partial charge >= 0.3 is 0 Å². The summed E-state index contributed by atoms with van der Waals surface area (Å²) in [5.74, 6) is 1.24. The van der Waals surface area contributed by atoms with Gasteiger partial charge in [0.2, 0.25) is 5.91 Å². The summed E-state index contributed by atoms with van der Waals surface area (Å²) in [6.45, 7) is 4.59. The summed E-state index contributed by atoms with van der Waals surface area (Å²) >= 11 is 0. The normalized spacial score (nSPS) is 23.6. The smallest absolute Gasteiger partial charge is 0.228 e.